The summed E-state index contributed by atoms with van der Waals surface area (Å²) >= 11 is 2.01. The van der Waals surface area contributed by atoms with Gasteiger partial charge in [-0.05, 0) is 22.5 Å². The molecule has 0 aromatic rings. The summed E-state index contributed by atoms with van der Waals surface area (Å²) in [4.78, 5) is 23.0. The largest absolute Gasteiger partial charge is 0.468 e. The van der Waals surface area contributed by atoms with Crippen LogP contribution in [-0.2, 0) is 19.1 Å². The van der Waals surface area contributed by atoms with E-state index in [4.69, 9.17) is 0 Å². The van der Waals surface area contributed by atoms with E-state index in [2.05, 4.69) is 9.47 Å². The monoisotopic (exact) mass is 310 g/mol. The average Bonchev–Trinajstić information content (AvgIpc) is 2.17. The molecule has 1 aliphatic carbocycles. The highest BCUT2D eigenvalue weighted by Crippen LogP contribution is 2.48. The third-order valence-corrected chi connectivity index (χ3v) is 3.27. The van der Waals surface area contributed by atoms with Crippen molar-refractivity contribution in [1.29, 1.82) is 0 Å². The van der Waals surface area contributed by atoms with Gasteiger partial charge in [0.25, 0.3) is 0 Å². The van der Waals surface area contributed by atoms with E-state index in [1.807, 2.05) is 22.6 Å². The zero-order chi connectivity index (χ0) is 10.8. The Kier molecular flexibility index (Phi) is 3.52. The van der Waals surface area contributed by atoms with Gasteiger partial charge in [0.2, 0.25) is 0 Å². The van der Waals surface area contributed by atoms with Crippen LogP contribution in [0.2, 0.25) is 0 Å². The van der Waals surface area contributed by atoms with E-state index in [1.54, 1.807) is 4.08 Å². The first-order chi connectivity index (χ1) is 6.63. The molecule has 5 heteroatoms. The zero-order valence-electron chi connectivity index (χ0n) is 8.00. The van der Waals surface area contributed by atoms with Crippen molar-refractivity contribution in [3.8, 4) is 0 Å². The summed E-state index contributed by atoms with van der Waals surface area (Å²) in [7, 11) is 2.55. The van der Waals surface area contributed by atoms with E-state index in [0.29, 0.717) is 6.42 Å². The first-order valence-electron chi connectivity index (χ1n) is 4.10. The number of ether oxygens (including phenoxy) is 2. The van der Waals surface area contributed by atoms with Crippen LogP contribution in [0.5, 0.6) is 0 Å². The Labute approximate surface area is 95.8 Å². The van der Waals surface area contributed by atoms with Crippen LogP contribution < -0.4 is 0 Å². The number of rotatable bonds is 2. The van der Waals surface area contributed by atoms with Gasteiger partial charge in [0, 0.05) is 0 Å². The first kappa shape index (κ1) is 11.5. The molecule has 1 rings (SSSR count). The standard InChI is InChI=1S/C9H11IO4/c1-13-7(11)9(8(12)14-2)4-3-6(9)5-10/h5H,3-4H2,1-2H3/b6-5+. The van der Waals surface area contributed by atoms with Crippen molar-refractivity contribution in [2.45, 2.75) is 12.8 Å². The molecule has 0 heterocycles. The fourth-order valence-electron chi connectivity index (χ4n) is 1.57. The van der Waals surface area contributed by atoms with Crippen molar-refractivity contribution in [3.05, 3.63) is 9.66 Å². The van der Waals surface area contributed by atoms with Crippen molar-refractivity contribution in [1.82, 2.24) is 0 Å². The molecule has 0 aromatic carbocycles. The molecule has 0 radical (unpaired) electrons. The zero-order valence-corrected chi connectivity index (χ0v) is 10.2. The summed E-state index contributed by atoms with van der Waals surface area (Å²) in [5.41, 5.74) is -0.387. The second-order valence-corrected chi connectivity index (χ2v) is 3.65. The summed E-state index contributed by atoms with van der Waals surface area (Å²) in [6.45, 7) is 0. The Morgan fingerprint density at radius 2 is 1.86 bits per heavy atom. The van der Waals surface area contributed by atoms with Crippen LogP contribution in [0, 0.1) is 5.41 Å². The van der Waals surface area contributed by atoms with E-state index in [0.717, 1.165) is 12.0 Å². The molecule has 1 saturated carbocycles. The lowest BCUT2D eigenvalue weighted by molar-refractivity contribution is -0.169. The molecular formula is C9H11IO4. The molecular weight excluding hydrogens is 299 g/mol. The summed E-state index contributed by atoms with van der Waals surface area (Å²) < 4.78 is 11.0. The van der Waals surface area contributed by atoms with Crippen LogP contribution in [-0.4, -0.2) is 26.2 Å². The normalized spacial score (nSPS) is 21.2. The minimum absolute atomic E-state index is 0.473. The van der Waals surface area contributed by atoms with E-state index in [1.165, 1.54) is 14.2 Å². The van der Waals surface area contributed by atoms with Gasteiger partial charge in [-0.25, -0.2) is 0 Å². The highest BCUT2D eigenvalue weighted by molar-refractivity contribution is 14.1. The number of hydrogen-bond acceptors (Lipinski definition) is 4. The Morgan fingerprint density at radius 1 is 1.36 bits per heavy atom. The van der Waals surface area contributed by atoms with Gasteiger partial charge >= 0.3 is 11.9 Å². The molecule has 1 fully saturated rings. The van der Waals surface area contributed by atoms with Gasteiger partial charge in [0.1, 0.15) is 0 Å². The molecule has 0 unspecified atom stereocenters. The maximum absolute atomic E-state index is 11.5. The third kappa shape index (κ3) is 1.43. The van der Waals surface area contributed by atoms with Crippen LogP contribution in [0.3, 0.4) is 0 Å². The topological polar surface area (TPSA) is 52.6 Å². The molecule has 0 saturated heterocycles. The Hall–Kier alpha value is -0.590. The quantitative estimate of drug-likeness (QED) is 0.440. The number of methoxy groups -OCH3 is 2. The second kappa shape index (κ2) is 4.29. The maximum atomic E-state index is 11.5. The van der Waals surface area contributed by atoms with Crippen LogP contribution in [0.25, 0.3) is 0 Å². The second-order valence-electron chi connectivity index (χ2n) is 3.02. The minimum atomic E-state index is -1.16. The van der Waals surface area contributed by atoms with Crippen molar-refractivity contribution in [3.63, 3.8) is 0 Å². The summed E-state index contributed by atoms with van der Waals surface area (Å²) in [6, 6.07) is 0. The fraction of sp³-hybridized carbons (Fsp3) is 0.556. The summed E-state index contributed by atoms with van der Waals surface area (Å²) in [5.74, 6) is -1.06. The van der Waals surface area contributed by atoms with Crippen LogP contribution in [0.15, 0.2) is 9.66 Å². The molecule has 0 aromatic heterocycles. The molecule has 0 atom stereocenters. The molecule has 1 aliphatic rings. The summed E-state index contributed by atoms with van der Waals surface area (Å²) in [6.07, 6.45) is 1.22. The highest BCUT2D eigenvalue weighted by atomic mass is 127. The predicted molar refractivity (Wildman–Crippen MR) is 57.8 cm³/mol. The number of carbonyl (C=O) groups is 2. The Balaban J connectivity index is 3.04. The van der Waals surface area contributed by atoms with Crippen molar-refractivity contribution < 1.29 is 19.1 Å². The number of halogens is 1. The SMILES string of the molecule is COC(=O)C1(C(=O)OC)CC/C1=C\I. The third-order valence-electron chi connectivity index (χ3n) is 2.52. The molecule has 0 bridgehead atoms. The molecule has 4 nitrogen and oxygen atoms in total. The van der Waals surface area contributed by atoms with E-state index in [-0.39, 0.29) is 0 Å². The average molecular weight is 310 g/mol. The van der Waals surface area contributed by atoms with Gasteiger partial charge in [0.05, 0.1) is 14.2 Å². The molecule has 0 aliphatic heterocycles. The van der Waals surface area contributed by atoms with E-state index in [9.17, 15) is 9.59 Å². The lowest BCUT2D eigenvalue weighted by Gasteiger charge is -2.38. The van der Waals surface area contributed by atoms with Crippen molar-refractivity contribution in [2.24, 2.45) is 5.41 Å². The predicted octanol–water partition coefficient (Wildman–Crippen LogP) is 1.43. The van der Waals surface area contributed by atoms with E-state index < -0.39 is 17.4 Å². The lowest BCUT2D eigenvalue weighted by atomic mass is 9.65. The van der Waals surface area contributed by atoms with Crippen molar-refractivity contribution in [2.75, 3.05) is 14.2 Å². The lowest BCUT2D eigenvalue weighted by Crippen LogP contribution is -2.48. The van der Waals surface area contributed by atoms with Gasteiger partial charge in [-0.2, -0.15) is 0 Å². The van der Waals surface area contributed by atoms with Gasteiger partial charge in [-0.1, -0.05) is 22.6 Å². The molecule has 0 amide bonds. The Morgan fingerprint density at radius 3 is 2.07 bits per heavy atom. The fourth-order valence-corrected chi connectivity index (χ4v) is 2.41. The summed E-state index contributed by atoms with van der Waals surface area (Å²) in [5, 5.41) is 0. The van der Waals surface area contributed by atoms with Crippen LogP contribution in [0.4, 0.5) is 0 Å². The van der Waals surface area contributed by atoms with Gasteiger partial charge in [-0.15, -0.1) is 0 Å². The highest BCUT2D eigenvalue weighted by Gasteiger charge is 2.57. The number of hydrogen-bond donors (Lipinski definition) is 0. The molecule has 0 spiro atoms. The van der Waals surface area contributed by atoms with Crippen LogP contribution in [0.1, 0.15) is 12.8 Å². The van der Waals surface area contributed by atoms with Gasteiger partial charge in [0.15, 0.2) is 5.41 Å². The number of carbonyl (C=O) groups excluding carboxylic acids is 2. The maximum Gasteiger partial charge on any atom is 0.327 e. The number of esters is 2. The molecule has 78 valence electrons. The van der Waals surface area contributed by atoms with Gasteiger partial charge in [-0.3, -0.25) is 9.59 Å². The minimum Gasteiger partial charge on any atom is -0.468 e. The smallest absolute Gasteiger partial charge is 0.327 e. The van der Waals surface area contributed by atoms with Gasteiger partial charge < -0.3 is 9.47 Å². The molecule has 14 heavy (non-hydrogen) atoms. The van der Waals surface area contributed by atoms with Crippen LogP contribution >= 0.6 is 22.6 Å². The Bertz CT molecular complexity index is 279. The van der Waals surface area contributed by atoms with E-state index >= 15 is 0 Å². The molecule has 0 N–H and O–H groups in total. The van der Waals surface area contributed by atoms with Crippen molar-refractivity contribution >= 4 is 34.5 Å². The first-order valence-corrected chi connectivity index (χ1v) is 5.34.